The summed E-state index contributed by atoms with van der Waals surface area (Å²) in [4.78, 5) is 14.1. The van der Waals surface area contributed by atoms with E-state index in [1.165, 1.54) is 50.8 Å². The van der Waals surface area contributed by atoms with Crippen molar-refractivity contribution in [1.29, 1.82) is 0 Å². The van der Waals surface area contributed by atoms with E-state index in [9.17, 15) is 4.79 Å². The van der Waals surface area contributed by atoms with Gasteiger partial charge in [-0.1, -0.05) is 19.1 Å². The highest BCUT2D eigenvalue weighted by Crippen LogP contribution is 2.56. The molecule has 0 aromatic rings. The molecule has 2 saturated carbocycles. The van der Waals surface area contributed by atoms with Crippen molar-refractivity contribution in [2.75, 3.05) is 19.6 Å². The smallest absolute Gasteiger partial charge is 0.315 e. The highest BCUT2D eigenvalue weighted by Gasteiger charge is 2.56. The lowest BCUT2D eigenvalue weighted by molar-refractivity contribution is -0.890. The van der Waals surface area contributed by atoms with Gasteiger partial charge in [0.2, 0.25) is 0 Å². The summed E-state index contributed by atoms with van der Waals surface area (Å²) in [5.74, 6) is 1.32. The third kappa shape index (κ3) is 2.33. The van der Waals surface area contributed by atoms with Crippen LogP contribution in [0.1, 0.15) is 51.9 Å². The largest absolute Gasteiger partial charge is 0.462 e. The van der Waals surface area contributed by atoms with Gasteiger partial charge in [0.05, 0.1) is 19.6 Å². The number of carbonyl (C=O) groups is 1. The molecule has 122 valence electrons. The predicted octanol–water partition coefficient (Wildman–Crippen LogP) is 1.98. The molecule has 1 N–H and O–H groups in total. The third-order valence-electron chi connectivity index (χ3n) is 7.14. The normalized spacial score (nSPS) is 45.5. The van der Waals surface area contributed by atoms with Crippen LogP contribution in [0, 0.1) is 23.2 Å². The molecule has 22 heavy (non-hydrogen) atoms. The van der Waals surface area contributed by atoms with Crippen LogP contribution in [-0.4, -0.2) is 31.7 Å². The summed E-state index contributed by atoms with van der Waals surface area (Å²) in [7, 11) is 0. The van der Waals surface area contributed by atoms with Crippen molar-refractivity contribution in [3.63, 3.8) is 0 Å². The summed E-state index contributed by atoms with van der Waals surface area (Å²) >= 11 is 0. The summed E-state index contributed by atoms with van der Waals surface area (Å²) < 4.78 is 5.86. The first-order chi connectivity index (χ1) is 10.6. The van der Waals surface area contributed by atoms with Crippen molar-refractivity contribution in [2.45, 2.75) is 58.0 Å². The van der Waals surface area contributed by atoms with Crippen molar-refractivity contribution in [1.82, 2.24) is 0 Å². The minimum absolute atomic E-state index is 0.0993. The standard InChI is InChI=1S/C19H29NO2/c1-13-6-5-7-19(2)11-17-14(10-16(13)19)15(18(21)22-17)12-20-8-3-4-9-20/h14-17H,1,3-12H2,2H3/p+1/t14-,15-,16+,17-,19-/m1/s1. The first-order valence-corrected chi connectivity index (χ1v) is 9.28. The predicted molar refractivity (Wildman–Crippen MR) is 85.5 cm³/mol. The van der Waals surface area contributed by atoms with Crippen LogP contribution in [0.25, 0.3) is 0 Å². The summed E-state index contributed by atoms with van der Waals surface area (Å²) in [5, 5.41) is 0. The van der Waals surface area contributed by atoms with Crippen LogP contribution in [-0.2, 0) is 9.53 Å². The Labute approximate surface area is 134 Å². The maximum absolute atomic E-state index is 12.5. The van der Waals surface area contributed by atoms with E-state index in [1.54, 1.807) is 4.90 Å². The topological polar surface area (TPSA) is 30.7 Å². The zero-order valence-electron chi connectivity index (χ0n) is 13.9. The molecule has 4 rings (SSSR count). The fourth-order valence-electron chi connectivity index (χ4n) is 5.88. The van der Waals surface area contributed by atoms with Gasteiger partial charge in [-0.15, -0.1) is 0 Å². The van der Waals surface area contributed by atoms with Crippen LogP contribution in [0.15, 0.2) is 12.2 Å². The van der Waals surface area contributed by atoms with E-state index >= 15 is 0 Å². The molecule has 3 heteroatoms. The number of likely N-dealkylation sites (tertiary alicyclic amines) is 1. The minimum Gasteiger partial charge on any atom is -0.462 e. The molecule has 0 amide bonds. The maximum Gasteiger partial charge on any atom is 0.315 e. The number of hydrogen-bond acceptors (Lipinski definition) is 2. The van der Waals surface area contributed by atoms with Crippen LogP contribution in [0.4, 0.5) is 0 Å². The van der Waals surface area contributed by atoms with Crippen molar-refractivity contribution < 1.29 is 14.4 Å². The summed E-state index contributed by atoms with van der Waals surface area (Å²) in [6.07, 6.45) is 8.77. The molecule has 0 unspecified atom stereocenters. The SMILES string of the molecule is C=C1CCC[C@]2(C)C[C@H]3OC(=O)[C@H](C[NH+]4CCCC4)[C@H]3C[C@@H]12. The molecular formula is C19H30NO2+. The van der Waals surface area contributed by atoms with Gasteiger partial charge >= 0.3 is 5.97 Å². The number of ether oxygens (including phenoxy) is 1. The van der Waals surface area contributed by atoms with Crippen LogP contribution >= 0.6 is 0 Å². The Balaban J connectivity index is 1.53. The van der Waals surface area contributed by atoms with Gasteiger partial charge in [0, 0.05) is 18.8 Å². The molecular weight excluding hydrogens is 274 g/mol. The Morgan fingerprint density at radius 2 is 2.09 bits per heavy atom. The van der Waals surface area contributed by atoms with Gasteiger partial charge in [-0.2, -0.15) is 0 Å². The second kappa shape index (κ2) is 5.36. The number of allylic oxidation sites excluding steroid dienone is 1. The maximum atomic E-state index is 12.5. The van der Waals surface area contributed by atoms with E-state index in [0.29, 0.717) is 17.3 Å². The molecule has 4 aliphatic rings. The molecule has 0 radical (unpaired) electrons. The molecule has 4 fully saturated rings. The molecule has 0 aromatic heterocycles. The van der Waals surface area contributed by atoms with Crippen molar-refractivity contribution in [2.24, 2.45) is 23.2 Å². The van der Waals surface area contributed by atoms with Gasteiger partial charge < -0.3 is 9.64 Å². The number of carbonyl (C=O) groups excluding carboxylic acids is 1. The van der Waals surface area contributed by atoms with Crippen LogP contribution in [0.2, 0.25) is 0 Å². The average Bonchev–Trinajstić information content (AvgIpc) is 3.06. The second-order valence-corrected chi connectivity index (χ2v) is 8.57. The van der Waals surface area contributed by atoms with E-state index in [-0.39, 0.29) is 18.0 Å². The van der Waals surface area contributed by atoms with Crippen LogP contribution < -0.4 is 4.90 Å². The lowest BCUT2D eigenvalue weighted by atomic mass is 9.55. The quantitative estimate of drug-likeness (QED) is 0.625. The molecule has 0 bridgehead atoms. The molecule has 5 atom stereocenters. The third-order valence-corrected chi connectivity index (χ3v) is 7.14. The highest BCUT2D eigenvalue weighted by atomic mass is 16.6. The van der Waals surface area contributed by atoms with Crippen LogP contribution in [0.3, 0.4) is 0 Å². The van der Waals surface area contributed by atoms with Gasteiger partial charge in [0.15, 0.2) is 0 Å². The molecule has 2 aliphatic heterocycles. The van der Waals surface area contributed by atoms with E-state index in [0.717, 1.165) is 19.4 Å². The zero-order valence-corrected chi connectivity index (χ0v) is 13.9. The van der Waals surface area contributed by atoms with E-state index in [4.69, 9.17) is 4.74 Å². The number of esters is 1. The van der Waals surface area contributed by atoms with Gasteiger partial charge in [-0.3, -0.25) is 4.79 Å². The van der Waals surface area contributed by atoms with E-state index in [2.05, 4.69) is 13.5 Å². The number of nitrogens with one attached hydrogen (secondary N) is 1. The fraction of sp³-hybridized carbons (Fsp3) is 0.842. The zero-order chi connectivity index (χ0) is 15.3. The number of hydrogen-bond donors (Lipinski definition) is 1. The molecule has 0 aromatic carbocycles. The van der Waals surface area contributed by atoms with Gasteiger partial charge in [0.1, 0.15) is 12.0 Å². The lowest BCUT2D eigenvalue weighted by Gasteiger charge is -2.50. The summed E-state index contributed by atoms with van der Waals surface area (Å²) in [6, 6.07) is 0. The lowest BCUT2D eigenvalue weighted by Crippen LogP contribution is -3.10. The van der Waals surface area contributed by atoms with E-state index < -0.39 is 0 Å². The van der Waals surface area contributed by atoms with Gasteiger partial charge in [-0.05, 0) is 43.4 Å². The molecule has 2 saturated heterocycles. The summed E-state index contributed by atoms with van der Waals surface area (Å²) in [6.45, 7) is 10.3. The Morgan fingerprint density at radius 1 is 1.32 bits per heavy atom. The van der Waals surface area contributed by atoms with Gasteiger partial charge in [0.25, 0.3) is 0 Å². The Hall–Kier alpha value is -0.830. The second-order valence-electron chi connectivity index (χ2n) is 8.57. The first-order valence-electron chi connectivity index (χ1n) is 9.28. The molecule has 3 nitrogen and oxygen atoms in total. The van der Waals surface area contributed by atoms with Crippen LogP contribution in [0.5, 0.6) is 0 Å². The number of quaternary nitrogens is 1. The Morgan fingerprint density at radius 3 is 2.86 bits per heavy atom. The highest BCUT2D eigenvalue weighted by molar-refractivity contribution is 5.75. The summed E-state index contributed by atoms with van der Waals surface area (Å²) in [5.41, 5.74) is 1.77. The fourth-order valence-corrected chi connectivity index (χ4v) is 5.88. The van der Waals surface area contributed by atoms with E-state index in [1.807, 2.05) is 0 Å². The molecule has 2 heterocycles. The van der Waals surface area contributed by atoms with Crippen molar-refractivity contribution in [3.05, 3.63) is 12.2 Å². The Bertz CT molecular complexity index is 482. The van der Waals surface area contributed by atoms with Crippen molar-refractivity contribution in [3.8, 4) is 0 Å². The van der Waals surface area contributed by atoms with Gasteiger partial charge in [-0.25, -0.2) is 0 Å². The first kappa shape index (κ1) is 14.7. The minimum atomic E-state index is 0.0993. The molecule has 2 aliphatic carbocycles. The molecule has 0 spiro atoms. The number of fused-ring (bicyclic) bond motifs is 2. The Kier molecular flexibility index (Phi) is 3.60. The monoisotopic (exact) mass is 304 g/mol. The van der Waals surface area contributed by atoms with Crippen molar-refractivity contribution >= 4 is 5.97 Å². The number of rotatable bonds is 2. The average molecular weight is 304 g/mol.